The van der Waals surface area contributed by atoms with Gasteiger partial charge < -0.3 is 19.5 Å². The second-order valence-electron chi connectivity index (χ2n) is 7.31. The summed E-state index contributed by atoms with van der Waals surface area (Å²) < 4.78 is 21.3. The van der Waals surface area contributed by atoms with E-state index in [1.165, 1.54) is 23.9 Å². The van der Waals surface area contributed by atoms with Crippen molar-refractivity contribution in [3.05, 3.63) is 84.0 Å². The third-order valence-corrected chi connectivity index (χ3v) is 6.04. The molecule has 0 saturated heterocycles. The number of aromatic nitrogens is 1. The first-order valence-corrected chi connectivity index (χ1v) is 11.0. The largest absolute Gasteiger partial charge is 0.481 e. The molecule has 2 aromatic carbocycles. The van der Waals surface area contributed by atoms with Gasteiger partial charge in [0.2, 0.25) is 0 Å². The van der Waals surface area contributed by atoms with Crippen LogP contribution in [0.2, 0.25) is 0 Å². The van der Waals surface area contributed by atoms with Crippen molar-refractivity contribution in [3.63, 3.8) is 0 Å². The first-order chi connectivity index (χ1) is 15.5. The Balaban J connectivity index is 1.34. The Labute approximate surface area is 186 Å². The average molecular weight is 450 g/mol. The number of nitrogens with one attached hydrogen (secondary N) is 2. The van der Waals surface area contributed by atoms with E-state index < -0.39 is 5.97 Å². The molecule has 0 spiro atoms. The van der Waals surface area contributed by atoms with E-state index >= 15 is 0 Å². The molecule has 0 fully saturated rings. The highest BCUT2D eigenvalue weighted by Gasteiger charge is 2.21. The summed E-state index contributed by atoms with van der Waals surface area (Å²) in [5, 5.41) is 9.87. The van der Waals surface area contributed by atoms with Crippen LogP contribution in [0.3, 0.4) is 0 Å². The van der Waals surface area contributed by atoms with E-state index in [-0.39, 0.29) is 17.1 Å². The Morgan fingerprint density at radius 2 is 1.94 bits per heavy atom. The minimum atomic E-state index is -0.886. The van der Waals surface area contributed by atoms with Gasteiger partial charge in [-0.05, 0) is 54.1 Å². The number of nitrogens with zero attached hydrogens (tertiary/aromatic N) is 2. The molecule has 4 aromatic rings. The summed E-state index contributed by atoms with van der Waals surface area (Å²) >= 11 is 1.18. The van der Waals surface area contributed by atoms with Crippen molar-refractivity contribution in [2.45, 2.75) is 12.0 Å². The van der Waals surface area contributed by atoms with Crippen LogP contribution in [0.1, 0.15) is 11.3 Å². The molecule has 0 saturated carbocycles. The van der Waals surface area contributed by atoms with E-state index in [4.69, 9.17) is 9.52 Å². The molecule has 1 aliphatic rings. The van der Waals surface area contributed by atoms with Gasteiger partial charge >= 0.3 is 5.97 Å². The molecule has 0 amide bonds. The van der Waals surface area contributed by atoms with Crippen LogP contribution in [0.5, 0.6) is 0 Å². The minimum Gasteiger partial charge on any atom is -0.481 e. The number of aliphatic imine (C=N–C) groups is 1. The zero-order valence-corrected chi connectivity index (χ0v) is 17.6. The maximum Gasteiger partial charge on any atom is 0.313 e. The quantitative estimate of drug-likeness (QED) is 0.394. The second-order valence-corrected chi connectivity index (χ2v) is 8.38. The minimum absolute atomic E-state index is 0.0413. The number of carboxylic acid groups (broad SMARTS) is 1. The van der Waals surface area contributed by atoms with E-state index in [1.807, 2.05) is 36.5 Å². The number of aliphatic carboxylic acids is 1. The fourth-order valence-electron chi connectivity index (χ4n) is 3.56. The summed E-state index contributed by atoms with van der Waals surface area (Å²) in [7, 11) is 0. The number of benzene rings is 2. The van der Waals surface area contributed by atoms with Crippen LogP contribution < -0.4 is 10.9 Å². The zero-order valence-electron chi connectivity index (χ0n) is 16.8. The highest BCUT2D eigenvalue weighted by molar-refractivity contribution is 8.00. The number of carboxylic acids is 1. The molecule has 0 bridgehead atoms. The van der Waals surface area contributed by atoms with Gasteiger partial charge in [-0.3, -0.25) is 4.79 Å². The van der Waals surface area contributed by atoms with Gasteiger partial charge in [0, 0.05) is 29.2 Å². The Hall–Kier alpha value is -3.56. The van der Waals surface area contributed by atoms with Crippen LogP contribution in [0.15, 0.2) is 76.3 Å². The molecule has 2 aromatic heterocycles. The van der Waals surface area contributed by atoms with Crippen molar-refractivity contribution < 1.29 is 18.7 Å². The lowest BCUT2D eigenvalue weighted by atomic mass is 10.1. The summed E-state index contributed by atoms with van der Waals surface area (Å²) in [6.45, 7) is 0.660. The summed E-state index contributed by atoms with van der Waals surface area (Å²) in [6, 6.07) is 18.4. The molecule has 162 valence electrons. The monoisotopic (exact) mass is 450 g/mol. The zero-order chi connectivity index (χ0) is 22.1. The topological polar surface area (TPSA) is 91.8 Å². The molecule has 3 N–H and O–H groups in total. The van der Waals surface area contributed by atoms with Gasteiger partial charge in [0.15, 0.2) is 17.1 Å². The Morgan fingerprint density at radius 3 is 2.75 bits per heavy atom. The van der Waals surface area contributed by atoms with Crippen molar-refractivity contribution in [1.82, 2.24) is 15.4 Å². The molecule has 1 atom stereocenters. The van der Waals surface area contributed by atoms with Gasteiger partial charge in [0.05, 0.1) is 5.75 Å². The number of furan rings is 1. The molecule has 0 radical (unpaired) electrons. The van der Waals surface area contributed by atoms with E-state index in [0.717, 1.165) is 22.0 Å². The molecule has 5 rings (SSSR count). The smallest absolute Gasteiger partial charge is 0.313 e. The average Bonchev–Trinajstić information content (AvgIpc) is 3.53. The fourth-order valence-corrected chi connectivity index (χ4v) is 4.19. The summed E-state index contributed by atoms with van der Waals surface area (Å²) in [5.74, 6) is 0.644. The Kier molecular flexibility index (Phi) is 5.42. The summed E-state index contributed by atoms with van der Waals surface area (Å²) in [5.41, 5.74) is 8.52. The molecular formula is C23H19FN4O3S. The van der Waals surface area contributed by atoms with Crippen molar-refractivity contribution in [1.29, 1.82) is 0 Å². The third-order valence-electron chi connectivity index (χ3n) is 5.09. The predicted molar refractivity (Wildman–Crippen MR) is 122 cm³/mol. The number of hydrogen-bond donors (Lipinski definition) is 3. The predicted octanol–water partition coefficient (Wildman–Crippen LogP) is 4.04. The number of carbonyl (C=O) groups is 1. The number of thioether (sulfide) groups is 1. The van der Waals surface area contributed by atoms with E-state index in [0.29, 0.717) is 23.9 Å². The van der Waals surface area contributed by atoms with Gasteiger partial charge in [0.25, 0.3) is 0 Å². The van der Waals surface area contributed by atoms with Gasteiger partial charge in [-0.25, -0.2) is 14.8 Å². The van der Waals surface area contributed by atoms with E-state index in [2.05, 4.69) is 26.5 Å². The van der Waals surface area contributed by atoms with Crippen molar-refractivity contribution in [2.75, 3.05) is 5.75 Å². The molecule has 1 aliphatic heterocycles. The fraction of sp³-hybridized carbons (Fsp3) is 0.130. The normalized spacial score (nSPS) is 15.7. The molecule has 32 heavy (non-hydrogen) atoms. The number of amidine groups is 1. The van der Waals surface area contributed by atoms with Gasteiger partial charge in [-0.2, -0.15) is 0 Å². The lowest BCUT2D eigenvalue weighted by Gasteiger charge is -2.06. The number of rotatable bonds is 7. The molecule has 0 aliphatic carbocycles. The number of halogens is 1. The van der Waals surface area contributed by atoms with E-state index in [9.17, 15) is 9.18 Å². The second kappa shape index (κ2) is 8.52. The van der Waals surface area contributed by atoms with Crippen molar-refractivity contribution in [3.8, 4) is 11.3 Å². The van der Waals surface area contributed by atoms with Crippen LogP contribution in [-0.2, 0) is 11.3 Å². The number of hydrazine groups is 1. The first kappa shape index (κ1) is 20.3. The summed E-state index contributed by atoms with van der Waals surface area (Å²) in [6.07, 6.45) is 2.02. The standard InChI is InChI=1S/C23H19FN4O3S/c24-17-4-1-14(2-5-17)12-28-10-9-15-11-16(3-6-18(15)28)19-7-8-20(31-19)22-25-23(27-26-22)32-13-21(29)30/h1-11,23,27H,12-13H2,(H,25,26)(H,29,30). The number of fused-ring (bicyclic) bond motifs is 1. The molecule has 3 heterocycles. The van der Waals surface area contributed by atoms with Crippen LogP contribution in [0, 0.1) is 5.82 Å². The molecular weight excluding hydrogens is 431 g/mol. The van der Waals surface area contributed by atoms with Crippen molar-refractivity contribution in [2.24, 2.45) is 4.99 Å². The highest BCUT2D eigenvalue weighted by Crippen LogP contribution is 2.28. The lowest BCUT2D eigenvalue weighted by Crippen LogP contribution is -2.34. The number of hydrogen-bond acceptors (Lipinski definition) is 6. The Morgan fingerprint density at radius 1 is 1.12 bits per heavy atom. The van der Waals surface area contributed by atoms with Crippen molar-refractivity contribution >= 4 is 34.5 Å². The highest BCUT2D eigenvalue weighted by atomic mass is 32.2. The maximum absolute atomic E-state index is 13.2. The molecule has 7 nitrogen and oxygen atoms in total. The molecule has 9 heteroatoms. The van der Waals surface area contributed by atoms with Crippen LogP contribution in [-0.4, -0.2) is 32.7 Å². The van der Waals surface area contributed by atoms with Gasteiger partial charge in [-0.15, -0.1) is 11.8 Å². The SMILES string of the molecule is O=C(O)CSC1N=C(c2ccc(-c3ccc4c(ccn4Cc4ccc(F)cc4)c3)o2)NN1. The van der Waals surface area contributed by atoms with Gasteiger partial charge in [0.1, 0.15) is 11.6 Å². The summed E-state index contributed by atoms with van der Waals surface area (Å²) in [4.78, 5) is 15.1. The maximum atomic E-state index is 13.2. The Bertz CT molecular complexity index is 1310. The molecule has 1 unspecified atom stereocenters. The third kappa shape index (κ3) is 4.25. The lowest BCUT2D eigenvalue weighted by molar-refractivity contribution is -0.133. The first-order valence-electron chi connectivity index (χ1n) is 9.92. The van der Waals surface area contributed by atoms with Gasteiger partial charge in [-0.1, -0.05) is 12.1 Å². The van der Waals surface area contributed by atoms with Crippen LogP contribution in [0.25, 0.3) is 22.2 Å². The van der Waals surface area contributed by atoms with Crippen LogP contribution >= 0.6 is 11.8 Å². The van der Waals surface area contributed by atoms with Crippen LogP contribution in [0.4, 0.5) is 4.39 Å². The van der Waals surface area contributed by atoms with E-state index in [1.54, 1.807) is 12.1 Å².